The summed E-state index contributed by atoms with van der Waals surface area (Å²) in [5.74, 6) is 0.929. The van der Waals surface area contributed by atoms with E-state index in [9.17, 15) is 4.79 Å². The third-order valence-electron chi connectivity index (χ3n) is 3.36. The van der Waals surface area contributed by atoms with Crippen molar-refractivity contribution in [3.05, 3.63) is 0 Å². The summed E-state index contributed by atoms with van der Waals surface area (Å²) in [5.41, 5.74) is 0. The molecule has 0 radical (unpaired) electrons. The topological polar surface area (TPSA) is 44.4 Å². The van der Waals surface area contributed by atoms with Crippen LogP contribution in [0.1, 0.15) is 33.1 Å². The molecule has 1 saturated heterocycles. The van der Waals surface area contributed by atoms with Crippen LogP contribution in [0, 0.1) is 5.92 Å². The van der Waals surface area contributed by atoms with Gasteiger partial charge >= 0.3 is 0 Å². The molecule has 1 aliphatic rings. The van der Waals surface area contributed by atoms with Gasteiger partial charge in [-0.3, -0.25) is 9.69 Å². The maximum atomic E-state index is 11.6. The first-order valence-corrected chi connectivity index (χ1v) is 6.96. The first-order chi connectivity index (χ1) is 8.26. The molecule has 4 heteroatoms. The van der Waals surface area contributed by atoms with Gasteiger partial charge in [0.2, 0.25) is 5.91 Å². The van der Waals surface area contributed by atoms with Crippen LogP contribution in [-0.4, -0.2) is 50.1 Å². The number of amides is 1. The minimum Gasteiger partial charge on any atom is -0.355 e. The highest BCUT2D eigenvalue weighted by molar-refractivity contribution is 5.77. The Balaban J connectivity index is 2.24. The zero-order valence-corrected chi connectivity index (χ0v) is 11.3. The zero-order chi connectivity index (χ0) is 12.5. The summed E-state index contributed by atoms with van der Waals surface area (Å²) in [6.45, 7) is 9.85. The molecule has 1 amide bonds. The summed E-state index contributed by atoms with van der Waals surface area (Å²) in [7, 11) is 0. The Hall–Kier alpha value is -0.610. The second-order valence-corrected chi connectivity index (χ2v) is 4.87. The molecule has 1 rings (SSSR count). The summed E-state index contributed by atoms with van der Waals surface area (Å²) in [6, 6.07) is 0. The third kappa shape index (κ3) is 6.03. The van der Waals surface area contributed by atoms with E-state index in [1.54, 1.807) is 0 Å². The highest BCUT2D eigenvalue weighted by atomic mass is 16.2. The van der Waals surface area contributed by atoms with Gasteiger partial charge in [0, 0.05) is 13.1 Å². The van der Waals surface area contributed by atoms with Gasteiger partial charge < -0.3 is 10.6 Å². The fourth-order valence-electron chi connectivity index (χ4n) is 2.26. The number of likely N-dealkylation sites (N-methyl/N-ethyl adjacent to an activating group) is 1. The summed E-state index contributed by atoms with van der Waals surface area (Å²) < 4.78 is 0. The fraction of sp³-hybridized carbons (Fsp3) is 0.923. The molecule has 17 heavy (non-hydrogen) atoms. The van der Waals surface area contributed by atoms with Gasteiger partial charge in [-0.1, -0.05) is 13.8 Å². The van der Waals surface area contributed by atoms with E-state index in [-0.39, 0.29) is 5.91 Å². The molecule has 1 fully saturated rings. The first kappa shape index (κ1) is 14.5. The van der Waals surface area contributed by atoms with E-state index in [0.29, 0.717) is 6.54 Å². The summed E-state index contributed by atoms with van der Waals surface area (Å²) in [4.78, 5) is 13.9. The minimum atomic E-state index is 0.169. The second kappa shape index (κ2) is 8.48. The number of nitrogens with one attached hydrogen (secondary N) is 2. The molecule has 0 unspecified atom stereocenters. The molecule has 4 nitrogen and oxygen atoms in total. The van der Waals surface area contributed by atoms with Gasteiger partial charge in [0.05, 0.1) is 6.54 Å². The number of piperidine rings is 1. The molecule has 0 aliphatic carbocycles. The number of rotatable bonds is 7. The number of carbonyl (C=O) groups is 1. The molecule has 100 valence electrons. The molecule has 0 aromatic rings. The quantitative estimate of drug-likeness (QED) is 0.694. The van der Waals surface area contributed by atoms with E-state index in [2.05, 4.69) is 29.4 Å². The number of hydrogen-bond donors (Lipinski definition) is 2. The molecule has 0 atom stereocenters. The van der Waals surface area contributed by atoms with Crippen molar-refractivity contribution < 1.29 is 4.79 Å². The molecule has 0 aromatic heterocycles. The van der Waals surface area contributed by atoms with Crippen LogP contribution in [-0.2, 0) is 4.79 Å². The standard InChI is InChI=1S/C13H27N3O/c1-3-7-15-13(17)11-16(4-2)10-12-5-8-14-9-6-12/h12,14H,3-11H2,1-2H3,(H,15,17). The van der Waals surface area contributed by atoms with E-state index >= 15 is 0 Å². The van der Waals surface area contributed by atoms with Gasteiger partial charge in [0.1, 0.15) is 0 Å². The van der Waals surface area contributed by atoms with E-state index in [4.69, 9.17) is 0 Å². The van der Waals surface area contributed by atoms with Crippen LogP contribution >= 0.6 is 0 Å². The van der Waals surface area contributed by atoms with Crippen molar-refractivity contribution in [2.45, 2.75) is 33.1 Å². The highest BCUT2D eigenvalue weighted by Crippen LogP contribution is 2.13. The minimum absolute atomic E-state index is 0.169. The summed E-state index contributed by atoms with van der Waals surface area (Å²) in [6.07, 6.45) is 3.49. The second-order valence-electron chi connectivity index (χ2n) is 4.87. The number of nitrogens with zero attached hydrogens (tertiary/aromatic N) is 1. The zero-order valence-electron chi connectivity index (χ0n) is 11.3. The molecule has 0 bridgehead atoms. The Morgan fingerprint density at radius 3 is 2.65 bits per heavy atom. The Labute approximate surface area is 105 Å². The smallest absolute Gasteiger partial charge is 0.234 e. The average Bonchev–Trinajstić information content (AvgIpc) is 2.36. The van der Waals surface area contributed by atoms with Gasteiger partial charge in [-0.2, -0.15) is 0 Å². The SMILES string of the molecule is CCCNC(=O)CN(CC)CC1CCNCC1. The van der Waals surface area contributed by atoms with E-state index in [0.717, 1.165) is 45.1 Å². The van der Waals surface area contributed by atoms with Crippen molar-refractivity contribution in [2.24, 2.45) is 5.92 Å². The lowest BCUT2D eigenvalue weighted by molar-refractivity contribution is -0.122. The van der Waals surface area contributed by atoms with Crippen LogP contribution in [0.5, 0.6) is 0 Å². The molecular weight excluding hydrogens is 214 g/mol. The largest absolute Gasteiger partial charge is 0.355 e. The van der Waals surface area contributed by atoms with Gasteiger partial charge in [0.15, 0.2) is 0 Å². The van der Waals surface area contributed by atoms with Crippen molar-refractivity contribution in [3.8, 4) is 0 Å². The molecule has 0 saturated carbocycles. The summed E-state index contributed by atoms with van der Waals surface area (Å²) >= 11 is 0. The van der Waals surface area contributed by atoms with Crippen LogP contribution in [0.3, 0.4) is 0 Å². The maximum absolute atomic E-state index is 11.6. The fourth-order valence-corrected chi connectivity index (χ4v) is 2.26. The number of carbonyl (C=O) groups excluding carboxylic acids is 1. The van der Waals surface area contributed by atoms with Crippen LogP contribution in [0.15, 0.2) is 0 Å². The predicted molar refractivity (Wildman–Crippen MR) is 71.0 cm³/mol. The summed E-state index contributed by atoms with van der Waals surface area (Å²) in [5, 5.41) is 6.32. The van der Waals surface area contributed by atoms with Gasteiger partial charge in [-0.25, -0.2) is 0 Å². The van der Waals surface area contributed by atoms with Crippen molar-refractivity contribution >= 4 is 5.91 Å². The highest BCUT2D eigenvalue weighted by Gasteiger charge is 2.17. The lowest BCUT2D eigenvalue weighted by Gasteiger charge is -2.28. The van der Waals surface area contributed by atoms with Gasteiger partial charge in [0.25, 0.3) is 0 Å². The van der Waals surface area contributed by atoms with Crippen molar-refractivity contribution in [1.82, 2.24) is 15.5 Å². The lowest BCUT2D eigenvalue weighted by atomic mass is 9.97. The molecule has 0 aromatic carbocycles. The van der Waals surface area contributed by atoms with Crippen molar-refractivity contribution in [2.75, 3.05) is 39.3 Å². The van der Waals surface area contributed by atoms with Gasteiger partial charge in [-0.05, 0) is 44.8 Å². The van der Waals surface area contributed by atoms with Gasteiger partial charge in [-0.15, -0.1) is 0 Å². The molecule has 2 N–H and O–H groups in total. The Kier molecular flexibility index (Phi) is 7.21. The van der Waals surface area contributed by atoms with Crippen LogP contribution in [0.25, 0.3) is 0 Å². The Bertz CT molecular complexity index is 215. The Morgan fingerprint density at radius 2 is 2.06 bits per heavy atom. The maximum Gasteiger partial charge on any atom is 0.234 e. The monoisotopic (exact) mass is 241 g/mol. The van der Waals surface area contributed by atoms with Crippen LogP contribution in [0.4, 0.5) is 0 Å². The first-order valence-electron chi connectivity index (χ1n) is 6.96. The van der Waals surface area contributed by atoms with Crippen LogP contribution < -0.4 is 10.6 Å². The lowest BCUT2D eigenvalue weighted by Crippen LogP contribution is -2.41. The molecule has 1 aliphatic heterocycles. The number of hydrogen-bond acceptors (Lipinski definition) is 3. The Morgan fingerprint density at radius 1 is 1.35 bits per heavy atom. The van der Waals surface area contributed by atoms with E-state index in [1.807, 2.05) is 0 Å². The van der Waals surface area contributed by atoms with Crippen LogP contribution in [0.2, 0.25) is 0 Å². The van der Waals surface area contributed by atoms with E-state index < -0.39 is 0 Å². The normalized spacial score (nSPS) is 17.4. The predicted octanol–water partition coefficient (Wildman–Crippen LogP) is 0.834. The molecule has 0 spiro atoms. The van der Waals surface area contributed by atoms with Crippen molar-refractivity contribution in [3.63, 3.8) is 0 Å². The van der Waals surface area contributed by atoms with E-state index in [1.165, 1.54) is 12.8 Å². The van der Waals surface area contributed by atoms with Crippen molar-refractivity contribution in [1.29, 1.82) is 0 Å². The third-order valence-corrected chi connectivity index (χ3v) is 3.36. The molecular formula is C13H27N3O. The molecule has 1 heterocycles. The average molecular weight is 241 g/mol.